The number of carboxylic acids is 1. The number of halogens is 1. The first kappa shape index (κ1) is 12.1. The van der Waals surface area contributed by atoms with E-state index in [0.29, 0.717) is 23.2 Å². The minimum Gasteiger partial charge on any atom is -0.478 e. The first-order valence-corrected chi connectivity index (χ1v) is 5.96. The van der Waals surface area contributed by atoms with Gasteiger partial charge in [-0.2, -0.15) is 0 Å². The van der Waals surface area contributed by atoms with Crippen LogP contribution in [0, 0.1) is 0 Å². The van der Waals surface area contributed by atoms with Crippen molar-refractivity contribution in [3.8, 4) is 0 Å². The number of carboxylic acid groups (broad SMARTS) is 1. The second-order valence-electron chi connectivity index (χ2n) is 4.18. The number of nitrogens with one attached hydrogen (secondary N) is 1. The minimum absolute atomic E-state index is 0.374. The molecule has 0 spiro atoms. The molecular formula is C13H14ClNO2. The molecule has 0 amide bonds. The molecule has 0 aromatic heterocycles. The highest BCUT2D eigenvalue weighted by molar-refractivity contribution is 6.30. The number of benzene rings is 1. The molecule has 3 nitrogen and oxygen atoms in total. The van der Waals surface area contributed by atoms with Gasteiger partial charge in [0, 0.05) is 17.6 Å². The molecule has 0 unspecified atom stereocenters. The Morgan fingerprint density at radius 1 is 1.41 bits per heavy atom. The lowest BCUT2D eigenvalue weighted by Crippen LogP contribution is -2.22. The standard InChI is InChI=1S/C13H14ClNO2/c14-11-3-1-9(2-4-11)7-10(13(16)17)8-15-12-5-6-12/h1-4,7,12,15H,5-6,8H2,(H,16,17)/b10-7+. The second-order valence-corrected chi connectivity index (χ2v) is 4.62. The Labute approximate surface area is 105 Å². The average Bonchev–Trinajstić information content (AvgIpc) is 3.10. The van der Waals surface area contributed by atoms with Crippen LogP contribution in [0.4, 0.5) is 0 Å². The van der Waals surface area contributed by atoms with Gasteiger partial charge in [0.2, 0.25) is 0 Å². The third-order valence-electron chi connectivity index (χ3n) is 2.64. The number of aliphatic carboxylic acids is 1. The third-order valence-corrected chi connectivity index (χ3v) is 2.90. The normalized spacial score (nSPS) is 15.9. The summed E-state index contributed by atoms with van der Waals surface area (Å²) in [5, 5.41) is 12.9. The van der Waals surface area contributed by atoms with Crippen molar-refractivity contribution in [1.29, 1.82) is 0 Å². The van der Waals surface area contributed by atoms with E-state index in [2.05, 4.69) is 5.32 Å². The minimum atomic E-state index is -0.881. The third kappa shape index (κ3) is 3.88. The molecule has 17 heavy (non-hydrogen) atoms. The van der Waals surface area contributed by atoms with Gasteiger partial charge in [0.1, 0.15) is 0 Å². The van der Waals surface area contributed by atoms with Crippen molar-refractivity contribution in [2.45, 2.75) is 18.9 Å². The fraction of sp³-hybridized carbons (Fsp3) is 0.308. The molecule has 2 rings (SSSR count). The Morgan fingerprint density at radius 3 is 2.59 bits per heavy atom. The van der Waals surface area contributed by atoms with Crippen LogP contribution in [-0.4, -0.2) is 23.7 Å². The Kier molecular flexibility index (Phi) is 3.82. The summed E-state index contributed by atoms with van der Waals surface area (Å²) in [6.45, 7) is 0.405. The molecule has 1 aromatic carbocycles. The van der Waals surface area contributed by atoms with Gasteiger partial charge in [0.15, 0.2) is 0 Å². The van der Waals surface area contributed by atoms with Gasteiger partial charge >= 0.3 is 5.97 Å². The van der Waals surface area contributed by atoms with Crippen LogP contribution in [-0.2, 0) is 4.79 Å². The predicted molar refractivity (Wildman–Crippen MR) is 68.1 cm³/mol. The zero-order valence-electron chi connectivity index (χ0n) is 9.32. The monoisotopic (exact) mass is 251 g/mol. The van der Waals surface area contributed by atoms with E-state index in [0.717, 1.165) is 18.4 Å². The topological polar surface area (TPSA) is 49.3 Å². The van der Waals surface area contributed by atoms with E-state index in [1.54, 1.807) is 18.2 Å². The van der Waals surface area contributed by atoms with Gasteiger partial charge in [-0.1, -0.05) is 23.7 Å². The Hall–Kier alpha value is -1.32. The zero-order chi connectivity index (χ0) is 12.3. The van der Waals surface area contributed by atoms with Crippen molar-refractivity contribution in [1.82, 2.24) is 5.32 Å². The van der Waals surface area contributed by atoms with E-state index in [-0.39, 0.29) is 0 Å². The van der Waals surface area contributed by atoms with Crippen LogP contribution in [0.1, 0.15) is 18.4 Å². The molecule has 0 atom stereocenters. The van der Waals surface area contributed by atoms with Gasteiger partial charge in [-0.25, -0.2) is 4.79 Å². The van der Waals surface area contributed by atoms with Crippen LogP contribution in [0.3, 0.4) is 0 Å². The van der Waals surface area contributed by atoms with Crippen LogP contribution >= 0.6 is 11.6 Å². The van der Waals surface area contributed by atoms with Gasteiger partial charge in [0.25, 0.3) is 0 Å². The van der Waals surface area contributed by atoms with Crippen LogP contribution in [0.15, 0.2) is 29.8 Å². The molecule has 90 valence electrons. The first-order valence-electron chi connectivity index (χ1n) is 5.58. The quantitative estimate of drug-likeness (QED) is 0.791. The molecule has 0 heterocycles. The van der Waals surface area contributed by atoms with E-state index < -0.39 is 5.97 Å². The summed E-state index contributed by atoms with van der Waals surface area (Å²) in [5.74, 6) is -0.881. The maximum Gasteiger partial charge on any atom is 0.332 e. The van der Waals surface area contributed by atoms with Crippen LogP contribution < -0.4 is 5.32 Å². The van der Waals surface area contributed by atoms with Crippen molar-refractivity contribution >= 4 is 23.6 Å². The molecule has 1 fully saturated rings. The van der Waals surface area contributed by atoms with E-state index >= 15 is 0 Å². The number of hydrogen-bond acceptors (Lipinski definition) is 2. The summed E-state index contributed by atoms with van der Waals surface area (Å²) < 4.78 is 0. The molecule has 1 aliphatic carbocycles. The Balaban J connectivity index is 2.07. The van der Waals surface area contributed by atoms with E-state index in [1.165, 1.54) is 0 Å². The molecular weight excluding hydrogens is 238 g/mol. The highest BCUT2D eigenvalue weighted by Gasteiger charge is 2.21. The largest absolute Gasteiger partial charge is 0.478 e. The number of hydrogen-bond donors (Lipinski definition) is 2. The highest BCUT2D eigenvalue weighted by atomic mass is 35.5. The summed E-state index contributed by atoms with van der Waals surface area (Å²) >= 11 is 5.77. The molecule has 1 aromatic rings. The zero-order valence-corrected chi connectivity index (χ0v) is 10.1. The fourth-order valence-corrected chi connectivity index (χ4v) is 1.62. The number of carbonyl (C=O) groups is 1. The van der Waals surface area contributed by atoms with Crippen molar-refractivity contribution in [3.63, 3.8) is 0 Å². The number of rotatable bonds is 5. The predicted octanol–water partition coefficient (Wildman–Crippen LogP) is 2.56. The van der Waals surface area contributed by atoms with Gasteiger partial charge < -0.3 is 10.4 Å². The Morgan fingerprint density at radius 2 is 2.06 bits per heavy atom. The average molecular weight is 252 g/mol. The maximum atomic E-state index is 11.1. The molecule has 2 N–H and O–H groups in total. The van der Waals surface area contributed by atoms with Crippen molar-refractivity contribution in [2.75, 3.05) is 6.54 Å². The summed E-state index contributed by atoms with van der Waals surface area (Å²) in [4.78, 5) is 11.1. The lowest BCUT2D eigenvalue weighted by atomic mass is 10.1. The SMILES string of the molecule is O=C(O)/C(=C/c1ccc(Cl)cc1)CNC1CC1. The summed E-state index contributed by atoms with van der Waals surface area (Å²) in [5.41, 5.74) is 1.23. The van der Waals surface area contributed by atoms with Crippen LogP contribution in [0.5, 0.6) is 0 Å². The molecule has 4 heteroatoms. The fourth-order valence-electron chi connectivity index (χ4n) is 1.49. The maximum absolute atomic E-state index is 11.1. The molecule has 0 bridgehead atoms. The van der Waals surface area contributed by atoms with Gasteiger partial charge in [0.05, 0.1) is 5.57 Å². The van der Waals surface area contributed by atoms with Crippen LogP contribution in [0.2, 0.25) is 5.02 Å². The molecule has 1 aliphatic rings. The molecule has 1 saturated carbocycles. The molecule has 0 aliphatic heterocycles. The smallest absolute Gasteiger partial charge is 0.332 e. The van der Waals surface area contributed by atoms with Gasteiger partial charge in [-0.05, 0) is 36.6 Å². The van der Waals surface area contributed by atoms with Gasteiger partial charge in [-0.15, -0.1) is 0 Å². The lowest BCUT2D eigenvalue weighted by Gasteiger charge is -2.04. The van der Waals surface area contributed by atoms with E-state index in [9.17, 15) is 4.79 Å². The van der Waals surface area contributed by atoms with Crippen LogP contribution in [0.25, 0.3) is 6.08 Å². The van der Waals surface area contributed by atoms with Crippen molar-refractivity contribution in [2.24, 2.45) is 0 Å². The lowest BCUT2D eigenvalue weighted by molar-refractivity contribution is -0.132. The van der Waals surface area contributed by atoms with Gasteiger partial charge in [-0.3, -0.25) is 0 Å². The van der Waals surface area contributed by atoms with E-state index in [4.69, 9.17) is 16.7 Å². The summed E-state index contributed by atoms with van der Waals surface area (Å²) in [6, 6.07) is 7.62. The Bertz CT molecular complexity index is 435. The summed E-state index contributed by atoms with van der Waals surface area (Å²) in [7, 11) is 0. The molecule has 0 radical (unpaired) electrons. The highest BCUT2D eigenvalue weighted by Crippen LogP contribution is 2.19. The second kappa shape index (κ2) is 5.34. The van der Waals surface area contributed by atoms with Crippen molar-refractivity contribution < 1.29 is 9.90 Å². The van der Waals surface area contributed by atoms with Crippen molar-refractivity contribution in [3.05, 3.63) is 40.4 Å². The van der Waals surface area contributed by atoms with E-state index in [1.807, 2.05) is 12.1 Å². The molecule has 0 saturated heterocycles. The first-order chi connectivity index (χ1) is 8.15. The summed E-state index contributed by atoms with van der Waals surface area (Å²) in [6.07, 6.45) is 3.97.